The van der Waals surface area contributed by atoms with Crippen LogP contribution in [0.5, 0.6) is 0 Å². The summed E-state index contributed by atoms with van der Waals surface area (Å²) in [7, 11) is 0. The van der Waals surface area contributed by atoms with Crippen LogP contribution in [0, 0.1) is 5.82 Å². The van der Waals surface area contributed by atoms with E-state index in [-0.39, 0.29) is 29.4 Å². The fraction of sp³-hybridized carbons (Fsp3) is 0.375. The third-order valence-corrected chi connectivity index (χ3v) is 5.60. The summed E-state index contributed by atoms with van der Waals surface area (Å²) in [6.45, 7) is 1.83. The summed E-state index contributed by atoms with van der Waals surface area (Å²) in [4.78, 5) is 25.7. The number of halogens is 1. The van der Waals surface area contributed by atoms with Gasteiger partial charge in [0, 0.05) is 18.2 Å². The van der Waals surface area contributed by atoms with Crippen LogP contribution in [-0.4, -0.2) is 33.8 Å². The van der Waals surface area contributed by atoms with Gasteiger partial charge in [0.1, 0.15) is 5.82 Å². The number of nitrogens with zero attached hydrogens (tertiary/aromatic N) is 3. The van der Waals surface area contributed by atoms with Crippen molar-refractivity contribution in [2.75, 3.05) is 16.0 Å². The monoisotopic (exact) mass is 380 g/mol. The predicted octanol–water partition coefficient (Wildman–Crippen LogP) is 3.31. The van der Waals surface area contributed by atoms with Crippen molar-refractivity contribution in [3.63, 3.8) is 0 Å². The molecular formula is C16H17FN4O2S2. The first-order chi connectivity index (χ1) is 12.1. The van der Waals surface area contributed by atoms with E-state index >= 15 is 0 Å². The number of aromatic nitrogens is 2. The molecule has 1 saturated carbocycles. The molecule has 9 heteroatoms. The molecule has 1 aromatic carbocycles. The second-order valence-corrected chi connectivity index (χ2v) is 7.72. The molecular weight excluding hydrogens is 363 g/mol. The van der Waals surface area contributed by atoms with Crippen molar-refractivity contribution in [1.82, 2.24) is 10.2 Å². The quantitative estimate of drug-likeness (QED) is 0.589. The third kappa shape index (κ3) is 4.76. The number of hydrogen-bond acceptors (Lipinski definition) is 6. The SMILES string of the molecule is CCC(=O)N(c1nnc(SCC(=O)Nc2ccc(F)cc2)s1)C1CC1. The van der Waals surface area contributed by atoms with Crippen LogP contribution in [0.25, 0.3) is 0 Å². The number of carbonyl (C=O) groups is 2. The Morgan fingerprint density at radius 2 is 2.04 bits per heavy atom. The summed E-state index contributed by atoms with van der Waals surface area (Å²) in [5, 5.41) is 11.4. The lowest BCUT2D eigenvalue weighted by atomic mass is 10.3. The van der Waals surface area contributed by atoms with Crippen molar-refractivity contribution in [3.8, 4) is 0 Å². The molecule has 2 aromatic rings. The molecule has 3 rings (SSSR count). The Hall–Kier alpha value is -2.00. The first-order valence-electron chi connectivity index (χ1n) is 7.90. The Morgan fingerprint density at radius 1 is 1.32 bits per heavy atom. The van der Waals surface area contributed by atoms with Crippen LogP contribution in [0.2, 0.25) is 0 Å². The van der Waals surface area contributed by atoms with Gasteiger partial charge in [-0.3, -0.25) is 14.5 Å². The van der Waals surface area contributed by atoms with Crippen LogP contribution in [0.3, 0.4) is 0 Å². The highest BCUT2D eigenvalue weighted by Crippen LogP contribution is 2.36. The van der Waals surface area contributed by atoms with E-state index in [1.165, 1.54) is 47.4 Å². The molecule has 6 nitrogen and oxygen atoms in total. The highest BCUT2D eigenvalue weighted by molar-refractivity contribution is 8.01. The topological polar surface area (TPSA) is 75.2 Å². The minimum absolute atomic E-state index is 0.0456. The molecule has 0 bridgehead atoms. The van der Waals surface area contributed by atoms with E-state index < -0.39 is 0 Å². The van der Waals surface area contributed by atoms with Crippen LogP contribution >= 0.6 is 23.1 Å². The average molecular weight is 380 g/mol. The van der Waals surface area contributed by atoms with E-state index in [2.05, 4.69) is 15.5 Å². The van der Waals surface area contributed by atoms with Crippen LogP contribution in [0.1, 0.15) is 26.2 Å². The van der Waals surface area contributed by atoms with Gasteiger partial charge in [-0.05, 0) is 37.1 Å². The van der Waals surface area contributed by atoms with Gasteiger partial charge in [0.2, 0.25) is 16.9 Å². The minimum atomic E-state index is -0.351. The molecule has 2 amide bonds. The summed E-state index contributed by atoms with van der Waals surface area (Å²) in [5.41, 5.74) is 0.540. The molecule has 132 valence electrons. The fourth-order valence-electron chi connectivity index (χ4n) is 2.19. The van der Waals surface area contributed by atoms with Gasteiger partial charge in [-0.1, -0.05) is 30.0 Å². The van der Waals surface area contributed by atoms with Gasteiger partial charge in [0.05, 0.1) is 5.75 Å². The Bertz CT molecular complexity index is 762. The molecule has 1 aliphatic rings. The van der Waals surface area contributed by atoms with Crippen LogP contribution in [0.4, 0.5) is 15.2 Å². The number of rotatable bonds is 7. The van der Waals surface area contributed by atoms with E-state index in [0.717, 1.165) is 12.8 Å². The van der Waals surface area contributed by atoms with E-state index in [9.17, 15) is 14.0 Å². The normalized spacial score (nSPS) is 13.5. The summed E-state index contributed by atoms with van der Waals surface area (Å²) < 4.78 is 13.5. The Morgan fingerprint density at radius 3 is 2.68 bits per heavy atom. The van der Waals surface area contributed by atoms with E-state index in [1.54, 1.807) is 4.90 Å². The lowest BCUT2D eigenvalue weighted by molar-refractivity contribution is -0.118. The summed E-state index contributed by atoms with van der Waals surface area (Å²) in [6, 6.07) is 5.82. The van der Waals surface area contributed by atoms with Crippen molar-refractivity contribution in [2.24, 2.45) is 0 Å². The molecule has 25 heavy (non-hydrogen) atoms. The third-order valence-electron chi connectivity index (χ3n) is 3.54. The predicted molar refractivity (Wildman–Crippen MR) is 96.5 cm³/mol. The van der Waals surface area contributed by atoms with Gasteiger partial charge in [-0.2, -0.15) is 0 Å². The van der Waals surface area contributed by atoms with Crippen LogP contribution < -0.4 is 10.2 Å². The molecule has 0 radical (unpaired) electrons. The molecule has 0 unspecified atom stereocenters. The van der Waals surface area contributed by atoms with E-state index in [1.807, 2.05) is 6.92 Å². The van der Waals surface area contributed by atoms with Crippen molar-refractivity contribution >= 4 is 45.7 Å². The lowest BCUT2D eigenvalue weighted by Gasteiger charge is -2.17. The summed E-state index contributed by atoms with van der Waals surface area (Å²) in [5.74, 6) is -0.353. The van der Waals surface area contributed by atoms with Gasteiger partial charge in [-0.15, -0.1) is 10.2 Å². The number of anilines is 2. The molecule has 1 N–H and O–H groups in total. The molecule has 0 saturated heterocycles. The zero-order chi connectivity index (χ0) is 17.8. The molecule has 0 atom stereocenters. The fourth-order valence-corrected chi connectivity index (χ4v) is 3.92. The van der Waals surface area contributed by atoms with Crippen molar-refractivity contribution in [2.45, 2.75) is 36.6 Å². The maximum atomic E-state index is 12.8. The zero-order valence-corrected chi connectivity index (χ0v) is 15.2. The summed E-state index contributed by atoms with van der Waals surface area (Å²) in [6.07, 6.45) is 2.42. The van der Waals surface area contributed by atoms with Crippen LogP contribution in [0.15, 0.2) is 28.6 Å². The molecule has 0 spiro atoms. The average Bonchev–Trinajstić information content (AvgIpc) is 3.33. The standard InChI is InChI=1S/C16H17FN4O2S2/c1-2-14(23)21(12-7-8-12)15-19-20-16(25-15)24-9-13(22)18-11-5-3-10(17)4-6-11/h3-6,12H,2,7-9H2,1H3,(H,18,22). The summed E-state index contributed by atoms with van der Waals surface area (Å²) >= 11 is 2.58. The van der Waals surface area contributed by atoms with Gasteiger partial charge < -0.3 is 5.32 Å². The molecule has 1 heterocycles. The van der Waals surface area contributed by atoms with Crippen molar-refractivity contribution < 1.29 is 14.0 Å². The smallest absolute Gasteiger partial charge is 0.234 e. The second kappa shape index (κ2) is 7.92. The lowest BCUT2D eigenvalue weighted by Crippen LogP contribution is -2.32. The van der Waals surface area contributed by atoms with Gasteiger partial charge in [0.25, 0.3) is 0 Å². The van der Waals surface area contributed by atoms with Crippen molar-refractivity contribution in [3.05, 3.63) is 30.1 Å². The minimum Gasteiger partial charge on any atom is -0.325 e. The molecule has 1 aromatic heterocycles. The number of benzene rings is 1. The number of carbonyl (C=O) groups excluding carboxylic acids is 2. The Kier molecular flexibility index (Phi) is 5.64. The number of amides is 2. The largest absolute Gasteiger partial charge is 0.325 e. The number of hydrogen-bond donors (Lipinski definition) is 1. The molecule has 1 fully saturated rings. The van der Waals surface area contributed by atoms with E-state index in [4.69, 9.17) is 0 Å². The van der Waals surface area contributed by atoms with Crippen LogP contribution in [-0.2, 0) is 9.59 Å². The van der Waals surface area contributed by atoms with Gasteiger partial charge >= 0.3 is 0 Å². The maximum absolute atomic E-state index is 12.8. The van der Waals surface area contributed by atoms with E-state index in [0.29, 0.717) is 21.6 Å². The second-order valence-electron chi connectivity index (χ2n) is 5.54. The Balaban J connectivity index is 1.55. The first kappa shape index (κ1) is 17.8. The van der Waals surface area contributed by atoms with Crippen molar-refractivity contribution in [1.29, 1.82) is 0 Å². The number of thioether (sulfide) groups is 1. The van der Waals surface area contributed by atoms with Gasteiger partial charge in [0.15, 0.2) is 4.34 Å². The zero-order valence-electron chi connectivity index (χ0n) is 13.6. The maximum Gasteiger partial charge on any atom is 0.234 e. The highest BCUT2D eigenvalue weighted by Gasteiger charge is 2.35. The highest BCUT2D eigenvalue weighted by atomic mass is 32.2. The first-order valence-corrected chi connectivity index (χ1v) is 9.71. The number of nitrogens with one attached hydrogen (secondary N) is 1. The molecule has 0 aliphatic heterocycles. The molecule has 1 aliphatic carbocycles. The van der Waals surface area contributed by atoms with Gasteiger partial charge in [-0.25, -0.2) is 4.39 Å². The Labute approximate surface area is 152 Å².